The number of urea groups is 1. The van der Waals surface area contributed by atoms with Crippen LogP contribution in [0.25, 0.3) is 0 Å². The van der Waals surface area contributed by atoms with E-state index < -0.39 is 0 Å². The first-order valence-electron chi connectivity index (χ1n) is 9.63. The molecule has 2 N–H and O–H groups in total. The van der Waals surface area contributed by atoms with Crippen molar-refractivity contribution in [3.05, 3.63) is 53.9 Å². The minimum absolute atomic E-state index is 0.354. The molecule has 4 rings (SSSR count). The molecule has 0 bridgehead atoms. The number of piperidine rings is 1. The maximum atomic E-state index is 11.4. The molecule has 0 saturated carbocycles. The van der Waals surface area contributed by atoms with Gasteiger partial charge in [-0.05, 0) is 60.6 Å². The van der Waals surface area contributed by atoms with E-state index in [0.717, 1.165) is 50.3 Å². The van der Waals surface area contributed by atoms with Gasteiger partial charge in [0, 0.05) is 44.3 Å². The summed E-state index contributed by atoms with van der Waals surface area (Å²) in [6.45, 7) is 4.11. The number of nitrogens with zero attached hydrogens (tertiary/aromatic N) is 3. The van der Waals surface area contributed by atoms with Gasteiger partial charge < -0.3 is 20.3 Å². The van der Waals surface area contributed by atoms with Gasteiger partial charge in [0.1, 0.15) is 5.75 Å². The Balaban J connectivity index is 1.30. The molecule has 2 aliphatic heterocycles. The predicted octanol–water partition coefficient (Wildman–Crippen LogP) is 2.81. The molecule has 27 heavy (non-hydrogen) atoms. The molecule has 6 heteroatoms. The first-order valence-corrected chi connectivity index (χ1v) is 9.63. The second-order valence-corrected chi connectivity index (χ2v) is 7.39. The SMILES string of the molecule is NC(=O)N1CCc2ccc(OCC3CCN(c4ccncc4)CC3)cc2C1. The zero-order chi connectivity index (χ0) is 18.6. The van der Waals surface area contributed by atoms with Crippen molar-refractivity contribution in [2.24, 2.45) is 11.7 Å². The second-order valence-electron chi connectivity index (χ2n) is 7.39. The first-order chi connectivity index (χ1) is 13.2. The standard InChI is InChI=1S/C21H26N4O2/c22-21(26)25-12-7-17-1-2-20(13-18(17)14-25)27-15-16-5-10-24(11-6-16)19-3-8-23-9-4-19/h1-4,8-9,13,16H,5-7,10-12,14-15H2,(H2,22,26). The second kappa shape index (κ2) is 7.86. The lowest BCUT2D eigenvalue weighted by Gasteiger charge is -2.33. The van der Waals surface area contributed by atoms with Crippen molar-refractivity contribution in [3.63, 3.8) is 0 Å². The molecular formula is C21H26N4O2. The van der Waals surface area contributed by atoms with E-state index in [0.29, 0.717) is 19.0 Å². The number of anilines is 1. The maximum Gasteiger partial charge on any atom is 0.315 e. The molecule has 1 aromatic carbocycles. The van der Waals surface area contributed by atoms with Gasteiger partial charge in [0.2, 0.25) is 0 Å². The van der Waals surface area contributed by atoms with Gasteiger partial charge in [-0.2, -0.15) is 0 Å². The van der Waals surface area contributed by atoms with Crippen LogP contribution >= 0.6 is 0 Å². The quantitative estimate of drug-likeness (QED) is 0.903. The average molecular weight is 366 g/mol. The minimum Gasteiger partial charge on any atom is -0.493 e. The summed E-state index contributed by atoms with van der Waals surface area (Å²) < 4.78 is 6.09. The molecule has 0 spiro atoms. The van der Waals surface area contributed by atoms with Gasteiger partial charge >= 0.3 is 6.03 Å². The third kappa shape index (κ3) is 4.15. The Bertz CT molecular complexity index is 788. The van der Waals surface area contributed by atoms with E-state index >= 15 is 0 Å². The van der Waals surface area contributed by atoms with Gasteiger partial charge in [-0.25, -0.2) is 4.79 Å². The number of primary amides is 1. The highest BCUT2D eigenvalue weighted by Gasteiger charge is 2.21. The summed E-state index contributed by atoms with van der Waals surface area (Å²) in [5.41, 5.74) is 9.09. The Morgan fingerprint density at radius 3 is 2.63 bits per heavy atom. The Labute approximate surface area is 159 Å². The number of amides is 2. The van der Waals surface area contributed by atoms with Crippen LogP contribution in [0.3, 0.4) is 0 Å². The molecule has 0 aliphatic carbocycles. The van der Waals surface area contributed by atoms with Crippen LogP contribution in [-0.4, -0.2) is 42.2 Å². The van der Waals surface area contributed by atoms with Gasteiger partial charge in [0.25, 0.3) is 0 Å². The van der Waals surface area contributed by atoms with Crippen molar-refractivity contribution >= 4 is 11.7 Å². The number of nitrogens with two attached hydrogens (primary N) is 1. The molecule has 1 saturated heterocycles. The minimum atomic E-state index is -0.354. The molecule has 2 aromatic rings. The van der Waals surface area contributed by atoms with Crippen molar-refractivity contribution < 1.29 is 9.53 Å². The highest BCUT2D eigenvalue weighted by molar-refractivity contribution is 5.72. The number of benzene rings is 1. The summed E-state index contributed by atoms with van der Waals surface area (Å²) in [4.78, 5) is 19.6. The van der Waals surface area contributed by atoms with Crippen LogP contribution in [0.1, 0.15) is 24.0 Å². The zero-order valence-corrected chi connectivity index (χ0v) is 15.5. The Morgan fingerprint density at radius 1 is 1.11 bits per heavy atom. The summed E-state index contributed by atoms with van der Waals surface area (Å²) in [6, 6.07) is 10.0. The van der Waals surface area contributed by atoms with E-state index in [9.17, 15) is 4.79 Å². The van der Waals surface area contributed by atoms with E-state index in [2.05, 4.69) is 34.1 Å². The smallest absolute Gasteiger partial charge is 0.315 e. The summed E-state index contributed by atoms with van der Waals surface area (Å²) in [5.74, 6) is 1.46. The Hall–Kier alpha value is -2.76. The van der Waals surface area contributed by atoms with E-state index in [4.69, 9.17) is 10.5 Å². The zero-order valence-electron chi connectivity index (χ0n) is 15.5. The van der Waals surface area contributed by atoms with Gasteiger partial charge in [-0.3, -0.25) is 4.98 Å². The molecule has 1 fully saturated rings. The summed E-state index contributed by atoms with van der Waals surface area (Å²) in [7, 11) is 0. The van der Waals surface area contributed by atoms with E-state index in [1.807, 2.05) is 18.5 Å². The number of pyridine rings is 1. The van der Waals surface area contributed by atoms with Gasteiger partial charge in [0.05, 0.1) is 6.61 Å². The summed E-state index contributed by atoms with van der Waals surface area (Å²) >= 11 is 0. The average Bonchev–Trinajstić information content (AvgIpc) is 2.72. The van der Waals surface area contributed by atoms with Crippen LogP contribution in [0.15, 0.2) is 42.7 Å². The third-order valence-corrected chi connectivity index (χ3v) is 5.63. The fourth-order valence-electron chi connectivity index (χ4n) is 3.94. The Kier molecular flexibility index (Phi) is 5.14. The predicted molar refractivity (Wildman–Crippen MR) is 105 cm³/mol. The molecule has 2 amide bonds. The number of carbonyl (C=O) groups is 1. The topological polar surface area (TPSA) is 71.7 Å². The van der Waals surface area contributed by atoms with Gasteiger partial charge in [0.15, 0.2) is 0 Å². The van der Waals surface area contributed by atoms with Crippen LogP contribution in [0, 0.1) is 5.92 Å². The van der Waals surface area contributed by atoms with Crippen LogP contribution in [0.4, 0.5) is 10.5 Å². The fraction of sp³-hybridized carbons (Fsp3) is 0.429. The van der Waals surface area contributed by atoms with Crippen LogP contribution in [-0.2, 0) is 13.0 Å². The largest absolute Gasteiger partial charge is 0.493 e. The molecule has 6 nitrogen and oxygen atoms in total. The summed E-state index contributed by atoms with van der Waals surface area (Å²) in [6.07, 6.45) is 6.80. The number of carbonyl (C=O) groups excluding carboxylic acids is 1. The number of ether oxygens (including phenoxy) is 1. The number of hydrogen-bond acceptors (Lipinski definition) is 4. The van der Waals surface area contributed by atoms with Gasteiger partial charge in [-0.1, -0.05) is 6.07 Å². The van der Waals surface area contributed by atoms with Gasteiger partial charge in [-0.15, -0.1) is 0 Å². The van der Waals surface area contributed by atoms with Crippen molar-refractivity contribution in [2.75, 3.05) is 31.1 Å². The molecule has 0 atom stereocenters. The maximum absolute atomic E-state index is 11.4. The monoisotopic (exact) mass is 366 g/mol. The molecule has 0 unspecified atom stereocenters. The number of aromatic nitrogens is 1. The fourth-order valence-corrected chi connectivity index (χ4v) is 3.94. The van der Waals surface area contributed by atoms with E-state index in [1.54, 1.807) is 4.90 Å². The number of rotatable bonds is 4. The Morgan fingerprint density at radius 2 is 1.89 bits per heavy atom. The van der Waals surface area contributed by atoms with Crippen molar-refractivity contribution in [1.82, 2.24) is 9.88 Å². The van der Waals surface area contributed by atoms with Crippen molar-refractivity contribution in [2.45, 2.75) is 25.8 Å². The number of hydrogen-bond donors (Lipinski definition) is 1. The highest BCUT2D eigenvalue weighted by atomic mass is 16.5. The van der Waals surface area contributed by atoms with Crippen LogP contribution in [0.2, 0.25) is 0 Å². The lowest BCUT2D eigenvalue weighted by Crippen LogP contribution is -2.39. The number of fused-ring (bicyclic) bond motifs is 1. The molecular weight excluding hydrogens is 340 g/mol. The molecule has 2 aliphatic rings. The lowest BCUT2D eigenvalue weighted by atomic mass is 9.97. The highest BCUT2D eigenvalue weighted by Crippen LogP contribution is 2.26. The van der Waals surface area contributed by atoms with Crippen LogP contribution < -0.4 is 15.4 Å². The van der Waals surface area contributed by atoms with Crippen molar-refractivity contribution in [1.29, 1.82) is 0 Å². The third-order valence-electron chi connectivity index (χ3n) is 5.63. The van der Waals surface area contributed by atoms with Crippen LogP contribution in [0.5, 0.6) is 5.75 Å². The molecule has 142 valence electrons. The first kappa shape index (κ1) is 17.6. The van der Waals surface area contributed by atoms with E-state index in [-0.39, 0.29) is 6.03 Å². The molecule has 3 heterocycles. The molecule has 0 radical (unpaired) electrons. The van der Waals surface area contributed by atoms with E-state index in [1.165, 1.54) is 11.3 Å². The molecule has 1 aromatic heterocycles. The normalized spacial score (nSPS) is 17.5. The van der Waals surface area contributed by atoms with Crippen molar-refractivity contribution in [3.8, 4) is 5.75 Å². The summed E-state index contributed by atoms with van der Waals surface area (Å²) in [5, 5.41) is 0. The lowest BCUT2D eigenvalue weighted by molar-refractivity contribution is 0.201.